The lowest BCUT2D eigenvalue weighted by Crippen LogP contribution is -1.98. The predicted octanol–water partition coefficient (Wildman–Crippen LogP) is 1.90. The van der Waals surface area contributed by atoms with E-state index < -0.39 is 0 Å². The average Bonchev–Trinajstić information content (AvgIpc) is 2.66. The highest BCUT2D eigenvalue weighted by molar-refractivity contribution is 7.15. The van der Waals surface area contributed by atoms with Crippen LogP contribution in [0, 0.1) is 0 Å². The van der Waals surface area contributed by atoms with Gasteiger partial charge in [-0.1, -0.05) is 6.58 Å². The van der Waals surface area contributed by atoms with Crippen molar-refractivity contribution in [2.24, 2.45) is 5.73 Å². The lowest BCUT2D eigenvalue weighted by molar-refractivity contribution is 0.0606. The van der Waals surface area contributed by atoms with E-state index in [1.165, 1.54) is 18.4 Å². The molecule has 1 rings (SSSR count). The summed E-state index contributed by atoms with van der Waals surface area (Å²) < 4.78 is 4.61. The highest BCUT2D eigenvalue weighted by atomic mass is 32.1. The Morgan fingerprint density at radius 1 is 1.57 bits per heavy atom. The van der Waals surface area contributed by atoms with Crippen LogP contribution in [0.4, 0.5) is 0 Å². The molecular weight excluding hydrogens is 198 g/mol. The van der Waals surface area contributed by atoms with Gasteiger partial charge in [-0.3, -0.25) is 0 Å². The maximum absolute atomic E-state index is 11.1. The van der Waals surface area contributed by atoms with Crippen molar-refractivity contribution >= 4 is 22.9 Å². The van der Waals surface area contributed by atoms with Crippen molar-refractivity contribution in [2.45, 2.75) is 6.42 Å². The van der Waals surface area contributed by atoms with Gasteiger partial charge >= 0.3 is 5.97 Å². The van der Waals surface area contributed by atoms with Crippen LogP contribution in [0.15, 0.2) is 18.7 Å². The molecule has 0 atom stereocenters. The van der Waals surface area contributed by atoms with E-state index >= 15 is 0 Å². The van der Waals surface area contributed by atoms with Gasteiger partial charge in [0.05, 0.1) is 7.11 Å². The molecule has 1 aromatic heterocycles. The second-order valence-electron chi connectivity index (χ2n) is 2.80. The van der Waals surface area contributed by atoms with Crippen molar-refractivity contribution in [3.63, 3.8) is 0 Å². The van der Waals surface area contributed by atoms with Crippen molar-refractivity contribution in [2.75, 3.05) is 13.7 Å². The van der Waals surface area contributed by atoms with Gasteiger partial charge in [-0.2, -0.15) is 0 Å². The molecule has 0 radical (unpaired) electrons. The van der Waals surface area contributed by atoms with Gasteiger partial charge in [0.2, 0.25) is 0 Å². The van der Waals surface area contributed by atoms with E-state index in [9.17, 15) is 4.79 Å². The second kappa shape index (κ2) is 4.93. The molecule has 1 heterocycles. The van der Waals surface area contributed by atoms with Gasteiger partial charge < -0.3 is 10.5 Å². The molecule has 0 unspecified atom stereocenters. The molecule has 0 aliphatic heterocycles. The van der Waals surface area contributed by atoms with E-state index in [0.717, 1.165) is 16.9 Å². The number of carbonyl (C=O) groups excluding carboxylic acids is 1. The maximum Gasteiger partial charge on any atom is 0.348 e. The fourth-order valence-electron chi connectivity index (χ4n) is 1.04. The van der Waals surface area contributed by atoms with Crippen LogP contribution in [0.25, 0.3) is 5.57 Å². The van der Waals surface area contributed by atoms with Gasteiger partial charge in [0, 0.05) is 4.88 Å². The Morgan fingerprint density at radius 2 is 2.21 bits per heavy atom. The summed E-state index contributed by atoms with van der Waals surface area (Å²) in [6.07, 6.45) is 0.751. The smallest absolute Gasteiger partial charge is 0.348 e. The Morgan fingerprint density at radius 3 is 2.79 bits per heavy atom. The number of ether oxygens (including phenoxy) is 1. The quantitative estimate of drug-likeness (QED) is 0.774. The number of hydrogen-bond acceptors (Lipinski definition) is 4. The number of hydrogen-bond donors (Lipinski definition) is 1. The third-order valence-corrected chi connectivity index (χ3v) is 2.95. The summed E-state index contributed by atoms with van der Waals surface area (Å²) in [6, 6.07) is 3.61. The first-order valence-electron chi connectivity index (χ1n) is 4.25. The van der Waals surface area contributed by atoms with Crippen LogP contribution >= 0.6 is 11.3 Å². The molecule has 4 heteroatoms. The molecule has 0 bridgehead atoms. The summed E-state index contributed by atoms with van der Waals surface area (Å²) in [7, 11) is 1.37. The van der Waals surface area contributed by atoms with Crippen LogP contribution < -0.4 is 5.73 Å². The van der Waals surface area contributed by atoms with E-state index in [2.05, 4.69) is 11.3 Å². The Bertz CT molecular complexity index is 344. The molecule has 3 nitrogen and oxygen atoms in total. The summed E-state index contributed by atoms with van der Waals surface area (Å²) in [5.41, 5.74) is 6.38. The zero-order valence-corrected chi connectivity index (χ0v) is 8.89. The number of esters is 1. The molecule has 14 heavy (non-hydrogen) atoms. The molecular formula is C10H13NO2S. The minimum atomic E-state index is -0.304. The van der Waals surface area contributed by atoms with Gasteiger partial charge in [-0.05, 0) is 30.7 Å². The fraction of sp³-hybridized carbons (Fsp3) is 0.300. The first-order valence-corrected chi connectivity index (χ1v) is 5.07. The maximum atomic E-state index is 11.1. The monoisotopic (exact) mass is 211 g/mol. The first-order chi connectivity index (χ1) is 6.69. The third kappa shape index (κ3) is 2.43. The molecule has 0 saturated carbocycles. The van der Waals surface area contributed by atoms with Crippen molar-refractivity contribution in [3.8, 4) is 0 Å². The summed E-state index contributed by atoms with van der Waals surface area (Å²) in [4.78, 5) is 12.7. The molecule has 0 fully saturated rings. The van der Waals surface area contributed by atoms with Crippen LogP contribution in [0.5, 0.6) is 0 Å². The lowest BCUT2D eigenvalue weighted by atomic mass is 10.2. The van der Waals surface area contributed by atoms with E-state index in [4.69, 9.17) is 5.73 Å². The van der Waals surface area contributed by atoms with Crippen LogP contribution in [0.2, 0.25) is 0 Å². The van der Waals surface area contributed by atoms with Crippen molar-refractivity contribution in [1.29, 1.82) is 0 Å². The third-order valence-electron chi connectivity index (χ3n) is 1.79. The Kier molecular flexibility index (Phi) is 3.85. The van der Waals surface area contributed by atoms with Gasteiger partial charge in [-0.25, -0.2) is 4.79 Å². The Hall–Kier alpha value is -1.13. The van der Waals surface area contributed by atoms with Crippen molar-refractivity contribution in [1.82, 2.24) is 0 Å². The lowest BCUT2D eigenvalue weighted by Gasteiger charge is -1.98. The first kappa shape index (κ1) is 10.9. The van der Waals surface area contributed by atoms with E-state index in [1.807, 2.05) is 6.07 Å². The number of thiophene rings is 1. The SMILES string of the molecule is C=C(CCN)c1ccc(C(=O)OC)s1. The molecule has 76 valence electrons. The van der Waals surface area contributed by atoms with Gasteiger partial charge in [0.15, 0.2) is 0 Å². The molecule has 0 amide bonds. The molecule has 0 saturated heterocycles. The van der Waals surface area contributed by atoms with Crippen LogP contribution in [-0.4, -0.2) is 19.6 Å². The molecule has 0 aliphatic carbocycles. The Balaban J connectivity index is 2.77. The van der Waals surface area contributed by atoms with Crippen molar-refractivity contribution in [3.05, 3.63) is 28.5 Å². The standard InChI is InChI=1S/C10H13NO2S/c1-7(5-6-11)8-3-4-9(14-8)10(12)13-2/h3-4H,1,5-6,11H2,2H3. The minimum Gasteiger partial charge on any atom is -0.465 e. The fourth-order valence-corrected chi connectivity index (χ4v) is 1.96. The predicted molar refractivity (Wildman–Crippen MR) is 58.4 cm³/mol. The van der Waals surface area contributed by atoms with Crippen molar-refractivity contribution < 1.29 is 9.53 Å². The highest BCUT2D eigenvalue weighted by Crippen LogP contribution is 2.25. The van der Waals surface area contributed by atoms with Gasteiger partial charge in [0.25, 0.3) is 0 Å². The Labute approximate surface area is 87.2 Å². The summed E-state index contributed by atoms with van der Waals surface area (Å²) in [5, 5.41) is 0. The zero-order valence-electron chi connectivity index (χ0n) is 8.08. The van der Waals surface area contributed by atoms with Crippen LogP contribution in [0.1, 0.15) is 21.0 Å². The zero-order chi connectivity index (χ0) is 10.6. The van der Waals surface area contributed by atoms with Crippen LogP contribution in [-0.2, 0) is 4.74 Å². The largest absolute Gasteiger partial charge is 0.465 e. The van der Waals surface area contributed by atoms with Crippen LogP contribution in [0.3, 0.4) is 0 Å². The number of nitrogens with two attached hydrogens (primary N) is 1. The molecule has 2 N–H and O–H groups in total. The number of carbonyl (C=O) groups is 1. The minimum absolute atomic E-state index is 0.304. The molecule has 0 aromatic carbocycles. The summed E-state index contributed by atoms with van der Waals surface area (Å²) in [5.74, 6) is -0.304. The van der Waals surface area contributed by atoms with Gasteiger partial charge in [-0.15, -0.1) is 11.3 Å². The molecule has 1 aromatic rings. The number of methoxy groups -OCH3 is 1. The average molecular weight is 211 g/mol. The summed E-state index contributed by atoms with van der Waals surface area (Å²) in [6.45, 7) is 4.47. The second-order valence-corrected chi connectivity index (χ2v) is 3.88. The summed E-state index contributed by atoms with van der Waals surface area (Å²) >= 11 is 1.38. The molecule has 0 spiro atoms. The highest BCUT2D eigenvalue weighted by Gasteiger charge is 2.09. The normalized spacial score (nSPS) is 9.86. The van der Waals surface area contributed by atoms with E-state index in [-0.39, 0.29) is 5.97 Å². The van der Waals surface area contributed by atoms with E-state index in [0.29, 0.717) is 11.4 Å². The molecule has 0 aliphatic rings. The number of rotatable bonds is 4. The topological polar surface area (TPSA) is 52.3 Å². The van der Waals surface area contributed by atoms with E-state index in [1.54, 1.807) is 6.07 Å². The van der Waals surface area contributed by atoms with Gasteiger partial charge in [0.1, 0.15) is 4.88 Å².